The van der Waals surface area contributed by atoms with E-state index in [1.54, 1.807) is 23.3 Å². The molecule has 0 atom stereocenters. The second-order valence-corrected chi connectivity index (χ2v) is 6.90. The number of hydrogen-bond acceptors (Lipinski definition) is 5. The molecule has 6 nitrogen and oxygen atoms in total. The Morgan fingerprint density at radius 2 is 2.00 bits per heavy atom. The first-order chi connectivity index (χ1) is 13.2. The molecule has 2 heterocycles. The van der Waals surface area contributed by atoms with Crippen molar-refractivity contribution < 1.29 is 13.6 Å². The number of carbonyl (C=O) groups is 1. The summed E-state index contributed by atoms with van der Waals surface area (Å²) in [5, 5.41) is 8.08. The number of benzene rings is 1. The highest BCUT2D eigenvalue weighted by molar-refractivity contribution is 5.94. The predicted molar refractivity (Wildman–Crippen MR) is 100 cm³/mol. The summed E-state index contributed by atoms with van der Waals surface area (Å²) >= 11 is 0. The van der Waals surface area contributed by atoms with Gasteiger partial charge in [0.25, 0.3) is 11.8 Å². The minimum Gasteiger partial charge on any atom is -0.459 e. The van der Waals surface area contributed by atoms with Gasteiger partial charge >= 0.3 is 0 Å². The monoisotopic (exact) mass is 365 g/mol. The van der Waals surface area contributed by atoms with Crippen LogP contribution in [0.1, 0.15) is 53.6 Å². The number of rotatable bonds is 6. The molecule has 0 fully saturated rings. The molecule has 0 radical (unpaired) electrons. The fraction of sp³-hybridized carbons (Fsp3) is 0.381. The Morgan fingerprint density at radius 1 is 1.15 bits per heavy atom. The lowest BCUT2D eigenvalue weighted by Crippen LogP contribution is -2.31. The van der Waals surface area contributed by atoms with E-state index in [9.17, 15) is 4.79 Å². The zero-order valence-electron chi connectivity index (χ0n) is 15.5. The normalized spacial score (nSPS) is 13.4. The van der Waals surface area contributed by atoms with Crippen LogP contribution in [0.4, 0.5) is 0 Å². The molecule has 0 aliphatic heterocycles. The molecule has 0 bridgehead atoms. The highest BCUT2D eigenvalue weighted by Crippen LogP contribution is 2.24. The Balaban J connectivity index is 1.53. The van der Waals surface area contributed by atoms with Crippen molar-refractivity contribution in [3.05, 3.63) is 59.2 Å². The predicted octanol–water partition coefficient (Wildman–Crippen LogP) is 4.26. The highest BCUT2D eigenvalue weighted by Gasteiger charge is 2.21. The lowest BCUT2D eigenvalue weighted by atomic mass is 9.90. The van der Waals surface area contributed by atoms with E-state index < -0.39 is 0 Å². The topological polar surface area (TPSA) is 72.4 Å². The molecule has 3 aromatic rings. The van der Waals surface area contributed by atoms with Crippen molar-refractivity contribution in [3.8, 4) is 11.7 Å². The van der Waals surface area contributed by atoms with Crippen LogP contribution in [0, 0.1) is 0 Å². The van der Waals surface area contributed by atoms with Gasteiger partial charge in [0.05, 0.1) is 12.8 Å². The molecule has 1 aliphatic rings. The molecule has 0 saturated heterocycles. The summed E-state index contributed by atoms with van der Waals surface area (Å²) in [7, 11) is 0. The first kappa shape index (κ1) is 17.5. The number of carbonyl (C=O) groups excluding carboxylic acids is 1. The molecule has 0 spiro atoms. The van der Waals surface area contributed by atoms with E-state index in [4.69, 9.17) is 8.83 Å². The van der Waals surface area contributed by atoms with Crippen LogP contribution in [-0.2, 0) is 19.4 Å². The Bertz CT molecular complexity index is 915. The molecule has 0 saturated carbocycles. The van der Waals surface area contributed by atoms with Crippen molar-refractivity contribution in [3.63, 3.8) is 0 Å². The number of nitrogens with zero attached hydrogens (tertiary/aromatic N) is 3. The maximum atomic E-state index is 13.1. The fourth-order valence-corrected chi connectivity index (χ4v) is 3.55. The zero-order valence-corrected chi connectivity index (χ0v) is 15.5. The molecule has 27 heavy (non-hydrogen) atoms. The van der Waals surface area contributed by atoms with Gasteiger partial charge in [-0.15, -0.1) is 10.2 Å². The zero-order chi connectivity index (χ0) is 18.6. The van der Waals surface area contributed by atoms with Crippen LogP contribution in [0.3, 0.4) is 0 Å². The van der Waals surface area contributed by atoms with Crippen LogP contribution < -0.4 is 0 Å². The first-order valence-corrected chi connectivity index (χ1v) is 9.52. The Morgan fingerprint density at radius 3 is 2.78 bits per heavy atom. The average Bonchev–Trinajstić information content (AvgIpc) is 3.38. The van der Waals surface area contributed by atoms with Gasteiger partial charge in [-0.25, -0.2) is 0 Å². The number of aryl methyl sites for hydroxylation is 2. The first-order valence-electron chi connectivity index (χ1n) is 9.52. The molecule has 1 aromatic carbocycles. The van der Waals surface area contributed by atoms with Crippen molar-refractivity contribution in [2.45, 2.75) is 45.6 Å². The van der Waals surface area contributed by atoms with E-state index in [0.29, 0.717) is 24.1 Å². The van der Waals surface area contributed by atoms with Gasteiger partial charge in [0.2, 0.25) is 5.89 Å². The SMILES string of the molecule is CCCN(Cc1nnc(-c2ccco2)o1)C(=O)c1ccc2c(c1)CCCC2. The molecule has 1 amide bonds. The summed E-state index contributed by atoms with van der Waals surface area (Å²) in [6.45, 7) is 2.97. The lowest BCUT2D eigenvalue weighted by molar-refractivity contribution is 0.0728. The summed E-state index contributed by atoms with van der Waals surface area (Å²) < 4.78 is 10.9. The summed E-state index contributed by atoms with van der Waals surface area (Å²) in [4.78, 5) is 14.8. The van der Waals surface area contributed by atoms with E-state index >= 15 is 0 Å². The molecule has 6 heteroatoms. The van der Waals surface area contributed by atoms with Gasteiger partial charge in [-0.05, 0) is 67.5 Å². The highest BCUT2D eigenvalue weighted by atomic mass is 16.4. The summed E-state index contributed by atoms with van der Waals surface area (Å²) in [5.74, 6) is 1.26. The fourth-order valence-electron chi connectivity index (χ4n) is 3.55. The van der Waals surface area contributed by atoms with Crippen molar-refractivity contribution in [1.29, 1.82) is 0 Å². The van der Waals surface area contributed by atoms with Crippen molar-refractivity contribution in [1.82, 2.24) is 15.1 Å². The van der Waals surface area contributed by atoms with Crippen LogP contribution >= 0.6 is 0 Å². The lowest BCUT2D eigenvalue weighted by Gasteiger charge is -2.22. The maximum absolute atomic E-state index is 13.1. The van der Waals surface area contributed by atoms with E-state index in [0.717, 1.165) is 24.8 Å². The number of hydrogen-bond donors (Lipinski definition) is 0. The van der Waals surface area contributed by atoms with Crippen molar-refractivity contribution >= 4 is 5.91 Å². The van der Waals surface area contributed by atoms with Gasteiger partial charge in [-0.2, -0.15) is 0 Å². The van der Waals surface area contributed by atoms with Gasteiger partial charge < -0.3 is 13.7 Å². The Hall–Kier alpha value is -2.89. The minimum atomic E-state index is 0.00275. The molecule has 1 aliphatic carbocycles. The third-order valence-corrected chi connectivity index (χ3v) is 4.90. The Labute approximate surface area is 158 Å². The summed E-state index contributed by atoms with van der Waals surface area (Å²) in [6.07, 6.45) is 7.01. The van der Waals surface area contributed by atoms with Crippen LogP contribution in [0.15, 0.2) is 45.4 Å². The molecular formula is C21H23N3O3. The van der Waals surface area contributed by atoms with Crippen LogP contribution in [0.5, 0.6) is 0 Å². The second kappa shape index (κ2) is 7.78. The van der Waals surface area contributed by atoms with Crippen LogP contribution in [0.2, 0.25) is 0 Å². The van der Waals surface area contributed by atoms with E-state index in [-0.39, 0.29) is 12.5 Å². The summed E-state index contributed by atoms with van der Waals surface area (Å²) in [5.41, 5.74) is 3.41. The summed E-state index contributed by atoms with van der Waals surface area (Å²) in [6, 6.07) is 9.63. The standard InChI is InChI=1S/C21H23N3O3/c1-2-11-24(14-19-22-23-20(27-19)18-8-5-12-26-18)21(25)17-10-9-15-6-3-4-7-16(15)13-17/h5,8-10,12-13H,2-4,6-7,11,14H2,1H3. The van der Waals surface area contributed by atoms with Crippen molar-refractivity contribution in [2.75, 3.05) is 6.54 Å². The second-order valence-electron chi connectivity index (χ2n) is 6.90. The van der Waals surface area contributed by atoms with Crippen LogP contribution in [0.25, 0.3) is 11.7 Å². The number of furan rings is 1. The van der Waals surface area contributed by atoms with E-state index in [2.05, 4.69) is 29.3 Å². The molecule has 0 unspecified atom stereocenters. The molecule has 4 rings (SSSR count). The molecule has 140 valence electrons. The van der Waals surface area contributed by atoms with E-state index in [1.165, 1.54) is 24.0 Å². The molecule has 0 N–H and O–H groups in total. The van der Waals surface area contributed by atoms with Gasteiger partial charge in [-0.1, -0.05) is 13.0 Å². The third-order valence-electron chi connectivity index (χ3n) is 4.90. The Kier molecular flexibility index (Phi) is 5.05. The van der Waals surface area contributed by atoms with Gasteiger partial charge in [-0.3, -0.25) is 4.79 Å². The number of amides is 1. The molecular weight excluding hydrogens is 342 g/mol. The van der Waals surface area contributed by atoms with E-state index in [1.807, 2.05) is 6.07 Å². The van der Waals surface area contributed by atoms with Crippen molar-refractivity contribution in [2.24, 2.45) is 0 Å². The largest absolute Gasteiger partial charge is 0.459 e. The number of fused-ring (bicyclic) bond motifs is 1. The minimum absolute atomic E-state index is 0.00275. The number of aromatic nitrogens is 2. The van der Waals surface area contributed by atoms with Crippen LogP contribution in [-0.4, -0.2) is 27.5 Å². The van der Waals surface area contributed by atoms with Gasteiger partial charge in [0.15, 0.2) is 5.76 Å². The smallest absolute Gasteiger partial charge is 0.283 e. The molecule has 2 aromatic heterocycles. The van der Waals surface area contributed by atoms with Gasteiger partial charge in [0, 0.05) is 12.1 Å². The average molecular weight is 365 g/mol. The quantitative estimate of drug-likeness (QED) is 0.652. The van der Waals surface area contributed by atoms with Gasteiger partial charge in [0.1, 0.15) is 0 Å². The third kappa shape index (κ3) is 3.79. The maximum Gasteiger partial charge on any atom is 0.283 e.